The highest BCUT2D eigenvalue weighted by molar-refractivity contribution is 6.30. The average Bonchev–Trinajstić information content (AvgIpc) is 3.18. The summed E-state index contributed by atoms with van der Waals surface area (Å²) >= 11 is 6.07. The minimum Gasteiger partial charge on any atom is -0.306 e. The molecule has 1 N–H and O–H groups in total. The minimum atomic E-state index is 0.249. The van der Waals surface area contributed by atoms with Crippen molar-refractivity contribution >= 4 is 11.6 Å². The van der Waals surface area contributed by atoms with Crippen LogP contribution < -0.4 is 5.32 Å². The molecule has 0 amide bonds. The van der Waals surface area contributed by atoms with Gasteiger partial charge in [0.25, 0.3) is 0 Å². The number of benzene rings is 3. The highest BCUT2D eigenvalue weighted by Crippen LogP contribution is 2.26. The highest BCUT2D eigenvalue weighted by atomic mass is 35.5. The molecule has 0 fully saturated rings. The van der Waals surface area contributed by atoms with Crippen molar-refractivity contribution in [2.45, 2.75) is 19.5 Å². The van der Waals surface area contributed by atoms with Gasteiger partial charge in [-0.2, -0.15) is 5.10 Å². The quantitative estimate of drug-likeness (QED) is 0.437. The maximum atomic E-state index is 6.07. The lowest BCUT2D eigenvalue weighted by Crippen LogP contribution is -2.18. The van der Waals surface area contributed by atoms with Crippen LogP contribution in [0.4, 0.5) is 0 Å². The third-order valence-corrected chi connectivity index (χ3v) is 5.08. The SMILES string of the molecule is C[C@H](NCc1cn(-c2ccccc2)nc1-c1ccc(Cl)cc1)c1ccccc1. The molecule has 0 unspecified atom stereocenters. The first-order valence-electron chi connectivity index (χ1n) is 9.39. The average molecular weight is 388 g/mol. The number of halogens is 1. The number of para-hydroxylation sites is 1. The van der Waals surface area contributed by atoms with Gasteiger partial charge in [-0.3, -0.25) is 0 Å². The fraction of sp³-hybridized carbons (Fsp3) is 0.125. The zero-order valence-electron chi connectivity index (χ0n) is 15.7. The topological polar surface area (TPSA) is 29.9 Å². The van der Waals surface area contributed by atoms with E-state index in [1.54, 1.807) is 0 Å². The first-order chi connectivity index (χ1) is 13.7. The van der Waals surface area contributed by atoms with Gasteiger partial charge in [0.2, 0.25) is 0 Å². The second kappa shape index (κ2) is 8.42. The first-order valence-corrected chi connectivity index (χ1v) is 9.77. The molecular weight excluding hydrogens is 366 g/mol. The summed E-state index contributed by atoms with van der Waals surface area (Å²) in [7, 11) is 0. The Kier molecular flexibility index (Phi) is 5.56. The Labute approximate surface area is 170 Å². The largest absolute Gasteiger partial charge is 0.306 e. The van der Waals surface area contributed by atoms with E-state index in [4.69, 9.17) is 16.7 Å². The van der Waals surface area contributed by atoms with Crippen LogP contribution in [0.5, 0.6) is 0 Å². The molecular formula is C24H22ClN3. The lowest BCUT2D eigenvalue weighted by atomic mass is 10.1. The van der Waals surface area contributed by atoms with Crippen LogP contribution in [0.15, 0.2) is 91.1 Å². The molecule has 1 aromatic heterocycles. The van der Waals surface area contributed by atoms with E-state index in [0.717, 1.165) is 34.1 Å². The molecule has 3 aromatic carbocycles. The Morgan fingerprint density at radius 2 is 1.54 bits per heavy atom. The van der Waals surface area contributed by atoms with Crippen molar-refractivity contribution in [1.82, 2.24) is 15.1 Å². The van der Waals surface area contributed by atoms with Gasteiger partial charge in [0.15, 0.2) is 0 Å². The van der Waals surface area contributed by atoms with Crippen molar-refractivity contribution in [2.24, 2.45) is 0 Å². The standard InChI is InChI=1S/C24H22ClN3/c1-18(19-8-4-2-5-9-19)26-16-21-17-28(23-10-6-3-7-11-23)27-24(21)20-12-14-22(25)15-13-20/h2-15,17-18,26H,16H2,1H3/t18-/m0/s1. The third-order valence-electron chi connectivity index (χ3n) is 4.83. The van der Waals surface area contributed by atoms with Gasteiger partial charge in [0, 0.05) is 34.9 Å². The summed E-state index contributed by atoms with van der Waals surface area (Å²) in [5, 5.41) is 9.21. The van der Waals surface area contributed by atoms with Crippen LogP contribution in [-0.4, -0.2) is 9.78 Å². The van der Waals surface area contributed by atoms with Crippen LogP contribution in [-0.2, 0) is 6.54 Å². The van der Waals surface area contributed by atoms with Gasteiger partial charge in [-0.05, 0) is 36.8 Å². The van der Waals surface area contributed by atoms with E-state index >= 15 is 0 Å². The molecule has 4 rings (SSSR count). The molecule has 0 spiro atoms. The smallest absolute Gasteiger partial charge is 0.0972 e. The van der Waals surface area contributed by atoms with Gasteiger partial charge in [-0.1, -0.05) is 72.3 Å². The summed E-state index contributed by atoms with van der Waals surface area (Å²) in [6.45, 7) is 2.90. The molecule has 0 saturated carbocycles. The van der Waals surface area contributed by atoms with Crippen LogP contribution in [0.25, 0.3) is 16.9 Å². The predicted octanol–water partition coefficient (Wildman–Crippen LogP) is 6.04. The maximum absolute atomic E-state index is 6.07. The Bertz CT molecular complexity index is 1020. The van der Waals surface area contributed by atoms with E-state index in [1.807, 2.05) is 53.2 Å². The molecule has 1 atom stereocenters. The molecule has 140 valence electrons. The maximum Gasteiger partial charge on any atom is 0.0972 e. The van der Waals surface area contributed by atoms with Gasteiger partial charge in [-0.25, -0.2) is 4.68 Å². The van der Waals surface area contributed by atoms with Crippen molar-refractivity contribution in [3.63, 3.8) is 0 Å². The lowest BCUT2D eigenvalue weighted by Gasteiger charge is -2.14. The number of nitrogens with one attached hydrogen (secondary N) is 1. The van der Waals surface area contributed by atoms with E-state index in [9.17, 15) is 0 Å². The Hall–Kier alpha value is -2.88. The Morgan fingerprint density at radius 1 is 0.893 bits per heavy atom. The van der Waals surface area contributed by atoms with E-state index in [0.29, 0.717) is 0 Å². The first kappa shape index (κ1) is 18.5. The number of nitrogens with zero attached hydrogens (tertiary/aromatic N) is 2. The van der Waals surface area contributed by atoms with Gasteiger partial charge in [0.05, 0.1) is 11.4 Å². The third kappa shape index (κ3) is 4.16. The van der Waals surface area contributed by atoms with E-state index in [2.05, 4.69) is 54.8 Å². The number of rotatable bonds is 6. The Balaban J connectivity index is 1.64. The minimum absolute atomic E-state index is 0.249. The van der Waals surface area contributed by atoms with Gasteiger partial charge >= 0.3 is 0 Å². The molecule has 0 aliphatic rings. The number of hydrogen-bond donors (Lipinski definition) is 1. The fourth-order valence-electron chi connectivity index (χ4n) is 3.23. The summed E-state index contributed by atoms with van der Waals surface area (Å²) in [6.07, 6.45) is 2.10. The van der Waals surface area contributed by atoms with Crippen LogP contribution in [0.2, 0.25) is 5.02 Å². The normalized spacial score (nSPS) is 12.1. The fourth-order valence-corrected chi connectivity index (χ4v) is 3.35. The number of aromatic nitrogens is 2. The molecule has 1 heterocycles. The molecule has 0 bridgehead atoms. The van der Waals surface area contributed by atoms with Crippen LogP contribution in [0.1, 0.15) is 24.1 Å². The van der Waals surface area contributed by atoms with Gasteiger partial charge < -0.3 is 5.32 Å². The Morgan fingerprint density at radius 3 is 2.21 bits per heavy atom. The van der Waals surface area contributed by atoms with Crippen molar-refractivity contribution < 1.29 is 0 Å². The van der Waals surface area contributed by atoms with E-state index in [-0.39, 0.29) is 6.04 Å². The van der Waals surface area contributed by atoms with Crippen molar-refractivity contribution in [1.29, 1.82) is 0 Å². The zero-order chi connectivity index (χ0) is 19.3. The van der Waals surface area contributed by atoms with Gasteiger partial charge in [0.1, 0.15) is 0 Å². The van der Waals surface area contributed by atoms with Crippen molar-refractivity contribution in [3.05, 3.63) is 107 Å². The molecule has 0 aliphatic heterocycles. The van der Waals surface area contributed by atoms with Crippen molar-refractivity contribution in [3.8, 4) is 16.9 Å². The highest BCUT2D eigenvalue weighted by Gasteiger charge is 2.14. The summed E-state index contributed by atoms with van der Waals surface area (Å²) in [6, 6.07) is 28.7. The number of hydrogen-bond acceptors (Lipinski definition) is 2. The predicted molar refractivity (Wildman–Crippen MR) is 116 cm³/mol. The molecule has 4 heteroatoms. The van der Waals surface area contributed by atoms with Crippen LogP contribution in [0.3, 0.4) is 0 Å². The van der Waals surface area contributed by atoms with E-state index in [1.165, 1.54) is 5.56 Å². The van der Waals surface area contributed by atoms with E-state index < -0.39 is 0 Å². The molecule has 0 radical (unpaired) electrons. The molecule has 28 heavy (non-hydrogen) atoms. The zero-order valence-corrected chi connectivity index (χ0v) is 16.5. The van der Waals surface area contributed by atoms with Gasteiger partial charge in [-0.15, -0.1) is 0 Å². The summed E-state index contributed by atoms with van der Waals surface area (Å²) < 4.78 is 1.94. The van der Waals surface area contributed by atoms with Crippen LogP contribution in [0, 0.1) is 0 Å². The second-order valence-electron chi connectivity index (χ2n) is 6.80. The van der Waals surface area contributed by atoms with Crippen molar-refractivity contribution in [2.75, 3.05) is 0 Å². The summed E-state index contributed by atoms with van der Waals surface area (Å²) in [5.74, 6) is 0. The van der Waals surface area contributed by atoms with Crippen LogP contribution >= 0.6 is 11.6 Å². The molecule has 4 aromatic rings. The molecule has 0 saturated heterocycles. The monoisotopic (exact) mass is 387 g/mol. The second-order valence-corrected chi connectivity index (χ2v) is 7.24. The molecule has 0 aliphatic carbocycles. The lowest BCUT2D eigenvalue weighted by molar-refractivity contribution is 0.575. The molecule has 3 nitrogen and oxygen atoms in total. The summed E-state index contributed by atoms with van der Waals surface area (Å²) in [4.78, 5) is 0. The summed E-state index contributed by atoms with van der Waals surface area (Å²) in [5.41, 5.74) is 5.48.